The SMILES string of the molecule is CC(C)(C)OC(=O)N1C2C=C(c3ccc(C=O)o3)CC1CCC2. The predicted molar refractivity (Wildman–Crippen MR) is 86.2 cm³/mol. The zero-order valence-electron chi connectivity index (χ0n) is 13.9. The largest absolute Gasteiger partial charge is 0.454 e. The summed E-state index contributed by atoms with van der Waals surface area (Å²) in [7, 11) is 0. The van der Waals surface area contributed by atoms with Crippen molar-refractivity contribution in [1.82, 2.24) is 4.90 Å². The van der Waals surface area contributed by atoms with Crippen LogP contribution in [0.4, 0.5) is 4.79 Å². The normalized spacial score (nSPS) is 24.1. The first-order valence-corrected chi connectivity index (χ1v) is 8.15. The smallest absolute Gasteiger partial charge is 0.411 e. The third-order valence-corrected chi connectivity index (χ3v) is 4.30. The molecule has 124 valence electrons. The van der Waals surface area contributed by atoms with E-state index in [2.05, 4.69) is 6.08 Å². The lowest BCUT2D eigenvalue weighted by Gasteiger charge is -2.44. The van der Waals surface area contributed by atoms with Gasteiger partial charge in [0.25, 0.3) is 0 Å². The molecule has 0 aliphatic carbocycles. The van der Waals surface area contributed by atoms with Crippen molar-refractivity contribution in [2.75, 3.05) is 0 Å². The van der Waals surface area contributed by atoms with Crippen LogP contribution in [0.15, 0.2) is 22.6 Å². The Bertz CT molecular complexity index is 638. The van der Waals surface area contributed by atoms with Crippen molar-refractivity contribution in [3.63, 3.8) is 0 Å². The minimum atomic E-state index is -0.491. The summed E-state index contributed by atoms with van der Waals surface area (Å²) in [5.74, 6) is 1.06. The van der Waals surface area contributed by atoms with Crippen molar-refractivity contribution in [2.24, 2.45) is 0 Å². The van der Waals surface area contributed by atoms with E-state index < -0.39 is 5.60 Å². The maximum Gasteiger partial charge on any atom is 0.411 e. The summed E-state index contributed by atoms with van der Waals surface area (Å²) in [6.45, 7) is 5.65. The predicted octanol–water partition coefficient (Wildman–Crippen LogP) is 4.04. The van der Waals surface area contributed by atoms with Crippen molar-refractivity contribution < 1.29 is 18.7 Å². The molecule has 0 aromatic carbocycles. The average Bonchev–Trinajstić information content (AvgIpc) is 2.92. The summed E-state index contributed by atoms with van der Waals surface area (Å²) in [5, 5.41) is 0. The lowest BCUT2D eigenvalue weighted by Crippen LogP contribution is -2.52. The van der Waals surface area contributed by atoms with Crippen LogP contribution in [0.25, 0.3) is 5.57 Å². The standard InChI is InChI=1S/C18H23NO4/c1-18(2,3)23-17(21)19-13-5-4-6-14(19)10-12(9-13)16-8-7-15(11-20)22-16/h7-9,11,13-14H,4-6,10H2,1-3H3. The van der Waals surface area contributed by atoms with Crippen LogP contribution < -0.4 is 0 Å². The molecular weight excluding hydrogens is 294 g/mol. The third-order valence-electron chi connectivity index (χ3n) is 4.30. The molecule has 2 atom stereocenters. The minimum absolute atomic E-state index is 0.0390. The second-order valence-electron chi connectivity index (χ2n) is 7.26. The highest BCUT2D eigenvalue weighted by Crippen LogP contribution is 2.38. The molecule has 1 amide bonds. The molecule has 3 heterocycles. The van der Waals surface area contributed by atoms with Gasteiger partial charge in [0.2, 0.25) is 0 Å². The first-order chi connectivity index (χ1) is 10.9. The molecule has 0 N–H and O–H groups in total. The van der Waals surface area contributed by atoms with Crippen LogP contribution in [0.3, 0.4) is 0 Å². The topological polar surface area (TPSA) is 59.8 Å². The number of rotatable bonds is 2. The Labute approximate surface area is 136 Å². The van der Waals surface area contributed by atoms with Gasteiger partial charge in [0.1, 0.15) is 11.4 Å². The Morgan fingerprint density at radius 2 is 2.13 bits per heavy atom. The number of hydrogen-bond donors (Lipinski definition) is 0. The van der Waals surface area contributed by atoms with E-state index in [0.717, 1.165) is 37.0 Å². The summed E-state index contributed by atoms with van der Waals surface area (Å²) >= 11 is 0. The van der Waals surface area contributed by atoms with Crippen molar-refractivity contribution in [2.45, 2.75) is 64.1 Å². The van der Waals surface area contributed by atoms with Crippen molar-refractivity contribution in [3.8, 4) is 0 Å². The molecule has 0 radical (unpaired) electrons. The Balaban J connectivity index is 1.84. The van der Waals surface area contributed by atoms with Crippen molar-refractivity contribution >= 4 is 18.0 Å². The molecule has 1 fully saturated rings. The van der Waals surface area contributed by atoms with Crippen LogP contribution in [0.5, 0.6) is 0 Å². The highest BCUT2D eigenvalue weighted by atomic mass is 16.6. The molecule has 2 aliphatic rings. The molecule has 3 rings (SSSR count). The van der Waals surface area contributed by atoms with Gasteiger partial charge in [-0.15, -0.1) is 0 Å². The molecule has 23 heavy (non-hydrogen) atoms. The van der Waals surface area contributed by atoms with Gasteiger partial charge in [-0.3, -0.25) is 9.69 Å². The van der Waals surface area contributed by atoms with E-state index in [9.17, 15) is 9.59 Å². The number of hydrogen-bond acceptors (Lipinski definition) is 4. The van der Waals surface area contributed by atoms with Crippen LogP contribution in [0.1, 0.15) is 62.8 Å². The van der Waals surface area contributed by atoms with E-state index in [4.69, 9.17) is 9.15 Å². The molecule has 1 aromatic heterocycles. The van der Waals surface area contributed by atoms with Crippen LogP contribution in [-0.4, -0.2) is 35.0 Å². The molecule has 1 saturated heterocycles. The molecule has 2 bridgehead atoms. The second-order valence-corrected chi connectivity index (χ2v) is 7.26. The van der Waals surface area contributed by atoms with Gasteiger partial charge in [-0.05, 0) is 64.2 Å². The number of amides is 1. The molecule has 2 aliphatic heterocycles. The molecule has 0 spiro atoms. The van der Waals surface area contributed by atoms with Gasteiger partial charge in [-0.1, -0.05) is 6.08 Å². The number of fused-ring (bicyclic) bond motifs is 2. The number of furan rings is 1. The lowest BCUT2D eigenvalue weighted by molar-refractivity contribution is -0.0000136. The van der Waals surface area contributed by atoms with E-state index >= 15 is 0 Å². The Hall–Kier alpha value is -2.04. The van der Waals surface area contributed by atoms with Crippen LogP contribution in [0, 0.1) is 0 Å². The second kappa shape index (κ2) is 5.87. The summed E-state index contributed by atoms with van der Waals surface area (Å²) < 4.78 is 11.1. The van der Waals surface area contributed by atoms with E-state index in [0.29, 0.717) is 12.0 Å². The molecular formula is C18H23NO4. The number of nitrogens with zero attached hydrogens (tertiary/aromatic N) is 1. The Morgan fingerprint density at radius 3 is 2.74 bits per heavy atom. The van der Waals surface area contributed by atoms with Gasteiger partial charge >= 0.3 is 6.09 Å². The van der Waals surface area contributed by atoms with E-state index in [1.165, 1.54) is 0 Å². The fourth-order valence-electron chi connectivity index (χ4n) is 3.40. The first kappa shape index (κ1) is 15.8. The lowest BCUT2D eigenvalue weighted by atomic mass is 9.84. The van der Waals surface area contributed by atoms with E-state index in [-0.39, 0.29) is 18.2 Å². The zero-order valence-corrected chi connectivity index (χ0v) is 13.9. The maximum absolute atomic E-state index is 12.5. The maximum atomic E-state index is 12.5. The van der Waals surface area contributed by atoms with Gasteiger partial charge in [-0.25, -0.2) is 4.79 Å². The van der Waals surface area contributed by atoms with E-state index in [1.54, 1.807) is 6.07 Å². The highest BCUT2D eigenvalue weighted by molar-refractivity contribution is 5.75. The van der Waals surface area contributed by atoms with Crippen LogP contribution in [-0.2, 0) is 4.74 Å². The number of carbonyl (C=O) groups is 2. The molecule has 5 nitrogen and oxygen atoms in total. The highest BCUT2D eigenvalue weighted by Gasteiger charge is 2.39. The minimum Gasteiger partial charge on any atom is -0.454 e. The summed E-state index contributed by atoms with van der Waals surface area (Å²) in [6, 6.07) is 3.68. The van der Waals surface area contributed by atoms with Gasteiger partial charge in [0.15, 0.2) is 12.0 Å². The number of aldehydes is 1. The molecule has 5 heteroatoms. The monoisotopic (exact) mass is 317 g/mol. The van der Waals surface area contributed by atoms with Gasteiger partial charge in [0, 0.05) is 6.04 Å². The quantitative estimate of drug-likeness (QED) is 0.772. The van der Waals surface area contributed by atoms with Gasteiger partial charge in [-0.2, -0.15) is 0 Å². The van der Waals surface area contributed by atoms with Crippen LogP contribution in [0.2, 0.25) is 0 Å². The number of carbonyl (C=O) groups excluding carboxylic acids is 2. The third kappa shape index (κ3) is 3.33. The fourth-order valence-corrected chi connectivity index (χ4v) is 3.40. The van der Waals surface area contributed by atoms with Gasteiger partial charge in [0.05, 0.1) is 6.04 Å². The summed E-state index contributed by atoms with van der Waals surface area (Å²) in [4.78, 5) is 25.2. The average molecular weight is 317 g/mol. The molecule has 0 saturated carbocycles. The Kier molecular flexibility index (Phi) is 4.04. The van der Waals surface area contributed by atoms with Crippen molar-refractivity contribution in [3.05, 3.63) is 29.7 Å². The van der Waals surface area contributed by atoms with Gasteiger partial charge < -0.3 is 9.15 Å². The van der Waals surface area contributed by atoms with Crippen LogP contribution >= 0.6 is 0 Å². The fraction of sp³-hybridized carbons (Fsp3) is 0.556. The summed E-state index contributed by atoms with van der Waals surface area (Å²) in [5.41, 5.74) is 0.586. The van der Waals surface area contributed by atoms with Crippen molar-refractivity contribution in [1.29, 1.82) is 0 Å². The molecule has 1 aromatic rings. The Morgan fingerprint density at radius 1 is 1.35 bits per heavy atom. The zero-order chi connectivity index (χ0) is 16.6. The number of piperidine rings is 1. The van der Waals surface area contributed by atoms with E-state index in [1.807, 2.05) is 31.7 Å². The number of ether oxygens (including phenoxy) is 1. The first-order valence-electron chi connectivity index (χ1n) is 8.15. The molecule has 2 unspecified atom stereocenters. The summed E-state index contributed by atoms with van der Waals surface area (Å²) in [6.07, 6.45) is 6.30.